The van der Waals surface area contributed by atoms with Gasteiger partial charge in [-0.3, -0.25) is 0 Å². The molecular weight excluding hydrogens is 692 g/mol. The Morgan fingerprint density at radius 2 is 1.16 bits per heavy atom. The maximum atomic E-state index is 11.0. The zero-order valence-corrected chi connectivity index (χ0v) is 27.9. The molecule has 6 heteroatoms. The zero-order valence-electron chi connectivity index (χ0n) is 21.8. The fourth-order valence-corrected chi connectivity index (χ4v) is 4.67. The van der Waals surface area contributed by atoms with Gasteiger partial charge in [0.25, 0.3) is 0 Å². The summed E-state index contributed by atoms with van der Waals surface area (Å²) in [5.41, 5.74) is 8.47. The van der Waals surface area contributed by atoms with E-state index >= 15 is 0 Å². The van der Waals surface area contributed by atoms with Gasteiger partial charge in [0, 0.05) is 5.56 Å². The summed E-state index contributed by atoms with van der Waals surface area (Å²) in [4.78, 5) is 11.0. The second kappa shape index (κ2) is 18.0. The minimum absolute atomic E-state index is 0. The molecule has 5 aromatic carbocycles. The second-order valence-electron chi connectivity index (χ2n) is 9.14. The van der Waals surface area contributed by atoms with Crippen molar-refractivity contribution in [3.63, 3.8) is 0 Å². The molecule has 0 heterocycles. The summed E-state index contributed by atoms with van der Waals surface area (Å²) in [6.45, 7) is 6.11. The van der Waals surface area contributed by atoms with Crippen molar-refractivity contribution in [1.29, 1.82) is 0 Å². The van der Waals surface area contributed by atoms with Gasteiger partial charge < -0.3 is 35.3 Å². The zero-order chi connectivity index (χ0) is 25.1. The predicted octanol–water partition coefficient (Wildman–Crippen LogP) is 1.08. The second-order valence-corrected chi connectivity index (χ2v) is 10.5. The number of benzene rings is 4. The van der Waals surface area contributed by atoms with Gasteiger partial charge in [-0.1, -0.05) is 122 Å². The first kappa shape index (κ1) is 35.6. The summed E-state index contributed by atoms with van der Waals surface area (Å²) < 4.78 is 0. The van der Waals surface area contributed by atoms with E-state index in [1.165, 1.54) is 21.1 Å². The molecule has 1 N–H and O–H groups in total. The number of nitrogens with one attached hydrogen (secondary N) is 1. The molecule has 0 spiro atoms. The fourth-order valence-electron chi connectivity index (χ4n) is 3.61. The average molecular weight is 723 g/mol. The standard InChI is InChI=1S/C12H10Si.C11H15NO.C9H7.2ClH.Hf/c1-3-7-11(8-4-1)13-12-9-5-2-6-10-12;1-11(2,3)9-7-5-4-6-8(9)10(12)13;1-2-5-9-7-3-6-8(9)4-1;;;/h1-10H;4-7H,1-3H3,(H2,12,13);1-7H;2*1H;/q;;-1;;;+4/p-3. The first-order valence-electron chi connectivity index (χ1n) is 11.7. The number of fused-ring (bicyclic) bond motifs is 1. The SMILES string of the molecule is CC(C)(C)c1ccccc1C([NH-])=O.[Cl-].[Cl-].[Hf+4].c1ccc([Si]c2ccccc2)cc1.c1ccc2[cH-]ccc2c1. The monoisotopic (exact) mass is 723 g/mol. The Bertz CT molecular complexity index is 1270. The molecule has 0 fully saturated rings. The van der Waals surface area contributed by atoms with Crippen molar-refractivity contribution in [2.45, 2.75) is 26.2 Å². The number of carbonyl (C=O) groups excluding carboxylic acids is 1. The summed E-state index contributed by atoms with van der Waals surface area (Å²) in [5.74, 6) is -0.606. The van der Waals surface area contributed by atoms with Gasteiger partial charge in [0.2, 0.25) is 0 Å². The van der Waals surface area contributed by atoms with E-state index in [1.807, 2.05) is 32.9 Å². The minimum Gasteiger partial charge on any atom is -1.00 e. The molecule has 1 amide bonds. The van der Waals surface area contributed by atoms with E-state index in [0.29, 0.717) is 5.56 Å². The van der Waals surface area contributed by atoms with Crippen LogP contribution in [0.25, 0.3) is 16.5 Å². The van der Waals surface area contributed by atoms with Crippen LogP contribution in [0.15, 0.2) is 127 Å². The van der Waals surface area contributed by atoms with Crippen LogP contribution in [-0.2, 0) is 31.3 Å². The summed E-state index contributed by atoms with van der Waals surface area (Å²) in [6.07, 6.45) is 0. The van der Waals surface area contributed by atoms with E-state index in [9.17, 15) is 4.79 Å². The third-order valence-electron chi connectivity index (χ3n) is 5.36. The maximum Gasteiger partial charge on any atom is 4.00 e. The van der Waals surface area contributed by atoms with Crippen LogP contribution in [-0.4, -0.2) is 15.4 Å². The Hall–Kier alpha value is -2.37. The van der Waals surface area contributed by atoms with Crippen molar-refractivity contribution >= 4 is 36.6 Å². The quantitative estimate of drug-likeness (QED) is 0.203. The van der Waals surface area contributed by atoms with E-state index < -0.39 is 5.91 Å². The van der Waals surface area contributed by atoms with Crippen molar-refractivity contribution in [3.8, 4) is 0 Å². The number of rotatable bonds is 3. The van der Waals surface area contributed by atoms with Crippen LogP contribution in [0.5, 0.6) is 0 Å². The van der Waals surface area contributed by atoms with E-state index in [2.05, 4.69) is 103 Å². The fraction of sp³-hybridized carbons (Fsp3) is 0.125. The molecule has 2 nitrogen and oxygen atoms in total. The molecule has 2 radical (unpaired) electrons. The molecule has 5 aromatic rings. The van der Waals surface area contributed by atoms with Crippen molar-refractivity contribution < 1.29 is 55.5 Å². The maximum absolute atomic E-state index is 11.0. The van der Waals surface area contributed by atoms with Crippen LogP contribution in [0.2, 0.25) is 0 Å². The van der Waals surface area contributed by atoms with Gasteiger partial charge in [-0.05, 0) is 11.0 Å². The molecular formula is C32H31Cl2HfNOSi. The number of carbonyl (C=O) groups is 1. The average Bonchev–Trinajstić information content (AvgIpc) is 3.35. The molecule has 0 saturated heterocycles. The first-order valence-corrected chi connectivity index (χ1v) is 12.7. The largest absolute Gasteiger partial charge is 4.00 e. The van der Waals surface area contributed by atoms with Crippen molar-refractivity contribution in [3.05, 3.63) is 144 Å². The molecule has 0 unspecified atom stereocenters. The number of amides is 1. The number of hydrogen-bond acceptors (Lipinski definition) is 1. The van der Waals surface area contributed by atoms with E-state index in [4.69, 9.17) is 5.73 Å². The number of hydrogen-bond donors (Lipinski definition) is 0. The molecule has 0 aliphatic heterocycles. The Kier molecular flexibility index (Phi) is 16.9. The molecule has 192 valence electrons. The van der Waals surface area contributed by atoms with Crippen molar-refractivity contribution in [1.82, 2.24) is 0 Å². The van der Waals surface area contributed by atoms with E-state index in [0.717, 1.165) is 15.1 Å². The Morgan fingerprint density at radius 1 is 0.684 bits per heavy atom. The van der Waals surface area contributed by atoms with Gasteiger partial charge in [-0.15, -0.1) is 29.7 Å². The van der Waals surface area contributed by atoms with Crippen LogP contribution in [0.4, 0.5) is 0 Å². The Morgan fingerprint density at radius 3 is 1.63 bits per heavy atom. The van der Waals surface area contributed by atoms with Crippen LogP contribution in [0, 0.1) is 0 Å². The van der Waals surface area contributed by atoms with Gasteiger partial charge in [0.15, 0.2) is 0 Å². The molecule has 5 rings (SSSR count). The molecule has 0 aliphatic rings. The van der Waals surface area contributed by atoms with Crippen molar-refractivity contribution in [2.24, 2.45) is 0 Å². The van der Waals surface area contributed by atoms with Crippen molar-refractivity contribution in [2.75, 3.05) is 0 Å². The first-order chi connectivity index (χ1) is 16.8. The van der Waals surface area contributed by atoms with Gasteiger partial charge in [-0.2, -0.15) is 17.5 Å². The van der Waals surface area contributed by atoms with Gasteiger partial charge in [0.1, 0.15) is 9.52 Å². The molecule has 0 atom stereocenters. The van der Waals surface area contributed by atoms with E-state index in [-0.39, 0.29) is 56.1 Å². The van der Waals surface area contributed by atoms with Crippen LogP contribution < -0.4 is 35.2 Å². The summed E-state index contributed by atoms with van der Waals surface area (Å²) in [7, 11) is 0.777. The normalized spacial score (nSPS) is 9.66. The summed E-state index contributed by atoms with van der Waals surface area (Å²) >= 11 is 0. The summed E-state index contributed by atoms with van der Waals surface area (Å²) in [6, 6.07) is 43.1. The Balaban J connectivity index is 0.000000527. The van der Waals surface area contributed by atoms with Crippen LogP contribution in [0.3, 0.4) is 0 Å². The third kappa shape index (κ3) is 11.6. The van der Waals surface area contributed by atoms with E-state index in [1.54, 1.807) is 12.1 Å². The predicted molar refractivity (Wildman–Crippen MR) is 151 cm³/mol. The van der Waals surface area contributed by atoms with Crippen LogP contribution in [0.1, 0.15) is 36.7 Å². The molecule has 38 heavy (non-hydrogen) atoms. The van der Waals surface area contributed by atoms with Gasteiger partial charge in [-0.25, -0.2) is 0 Å². The number of halogens is 2. The van der Waals surface area contributed by atoms with Crippen LogP contribution >= 0.6 is 0 Å². The molecule has 0 aliphatic carbocycles. The topological polar surface area (TPSA) is 40.9 Å². The molecule has 0 saturated carbocycles. The molecule has 0 aromatic heterocycles. The third-order valence-corrected chi connectivity index (χ3v) is 6.61. The minimum atomic E-state index is -0.606. The smallest absolute Gasteiger partial charge is 1.00 e. The Labute approximate surface area is 260 Å². The van der Waals surface area contributed by atoms with Gasteiger partial charge in [0.05, 0.1) is 5.91 Å². The summed E-state index contributed by atoms with van der Waals surface area (Å²) in [5, 5.41) is 5.46. The van der Waals surface area contributed by atoms with Gasteiger partial charge >= 0.3 is 25.8 Å². The molecule has 0 bridgehead atoms.